The molecule has 1 aromatic rings. The number of hydrogen-bond donors (Lipinski definition) is 2. The summed E-state index contributed by atoms with van der Waals surface area (Å²) in [6.45, 7) is 4.90. The van der Waals surface area contributed by atoms with E-state index in [1.807, 2.05) is 12.1 Å². The van der Waals surface area contributed by atoms with Crippen LogP contribution in [0.25, 0.3) is 0 Å². The van der Waals surface area contributed by atoms with E-state index in [-0.39, 0.29) is 6.61 Å². The van der Waals surface area contributed by atoms with Crippen molar-refractivity contribution < 1.29 is 9.84 Å². The Hall–Kier alpha value is -1.06. The lowest BCUT2D eigenvalue weighted by Gasteiger charge is -2.07. The van der Waals surface area contributed by atoms with Crippen molar-refractivity contribution in [3.63, 3.8) is 0 Å². The van der Waals surface area contributed by atoms with Crippen molar-refractivity contribution in [1.82, 2.24) is 5.32 Å². The molecule has 0 fully saturated rings. The van der Waals surface area contributed by atoms with E-state index in [1.165, 1.54) is 5.56 Å². The Labute approximate surface area is 97.4 Å². The van der Waals surface area contributed by atoms with Gasteiger partial charge in [-0.05, 0) is 37.1 Å². The number of rotatable bonds is 8. The molecule has 0 aliphatic carbocycles. The van der Waals surface area contributed by atoms with Gasteiger partial charge in [0.15, 0.2) is 0 Å². The number of ether oxygens (including phenoxy) is 1. The topological polar surface area (TPSA) is 41.5 Å². The van der Waals surface area contributed by atoms with Crippen LogP contribution >= 0.6 is 0 Å². The molecule has 16 heavy (non-hydrogen) atoms. The molecular weight excluding hydrogens is 202 g/mol. The zero-order valence-corrected chi connectivity index (χ0v) is 9.91. The molecule has 0 saturated heterocycles. The molecule has 0 unspecified atom stereocenters. The van der Waals surface area contributed by atoms with E-state index < -0.39 is 0 Å². The third-order valence-corrected chi connectivity index (χ3v) is 2.32. The second-order valence-corrected chi connectivity index (χ2v) is 3.70. The van der Waals surface area contributed by atoms with Gasteiger partial charge in [-0.2, -0.15) is 0 Å². The molecule has 0 spiro atoms. The molecule has 3 nitrogen and oxygen atoms in total. The summed E-state index contributed by atoms with van der Waals surface area (Å²) in [7, 11) is 0. The lowest BCUT2D eigenvalue weighted by atomic mass is 10.2. The Kier molecular flexibility index (Phi) is 6.61. The Balaban J connectivity index is 2.27. The Morgan fingerprint density at radius 1 is 1.19 bits per heavy atom. The molecule has 1 aromatic carbocycles. The lowest BCUT2D eigenvalue weighted by Crippen LogP contribution is -2.11. The van der Waals surface area contributed by atoms with E-state index >= 15 is 0 Å². The Morgan fingerprint density at radius 2 is 1.94 bits per heavy atom. The molecular formula is C13H21NO2. The van der Waals surface area contributed by atoms with Gasteiger partial charge in [-0.1, -0.05) is 19.1 Å². The van der Waals surface area contributed by atoms with E-state index in [9.17, 15) is 0 Å². The maximum atomic E-state index is 8.62. The predicted octanol–water partition coefficient (Wildman–Crippen LogP) is 1.95. The molecule has 0 atom stereocenters. The molecule has 0 aromatic heterocycles. The highest BCUT2D eigenvalue weighted by atomic mass is 16.5. The summed E-state index contributed by atoms with van der Waals surface area (Å²) < 4.78 is 5.54. The molecule has 3 heteroatoms. The molecule has 0 aliphatic rings. The van der Waals surface area contributed by atoms with Crippen molar-refractivity contribution in [2.24, 2.45) is 0 Å². The maximum absolute atomic E-state index is 8.62. The monoisotopic (exact) mass is 223 g/mol. The van der Waals surface area contributed by atoms with Crippen molar-refractivity contribution in [1.29, 1.82) is 0 Å². The molecule has 0 saturated carbocycles. The van der Waals surface area contributed by atoms with Gasteiger partial charge < -0.3 is 15.2 Å². The molecule has 90 valence electrons. The summed E-state index contributed by atoms with van der Waals surface area (Å²) in [6, 6.07) is 8.13. The van der Waals surface area contributed by atoms with Crippen molar-refractivity contribution >= 4 is 0 Å². The van der Waals surface area contributed by atoms with Crippen LogP contribution in [0, 0.1) is 0 Å². The normalized spacial score (nSPS) is 10.4. The zero-order chi connectivity index (χ0) is 11.6. The summed E-state index contributed by atoms with van der Waals surface area (Å²) in [5.41, 5.74) is 1.27. The summed E-state index contributed by atoms with van der Waals surface area (Å²) in [5, 5.41) is 11.9. The molecule has 1 rings (SSSR count). The van der Waals surface area contributed by atoms with Crippen LogP contribution in [0.2, 0.25) is 0 Å². The van der Waals surface area contributed by atoms with Gasteiger partial charge in [0.05, 0.1) is 6.61 Å². The molecule has 0 bridgehead atoms. The largest absolute Gasteiger partial charge is 0.494 e. The summed E-state index contributed by atoms with van der Waals surface area (Å²) >= 11 is 0. The van der Waals surface area contributed by atoms with Gasteiger partial charge >= 0.3 is 0 Å². The first-order valence-corrected chi connectivity index (χ1v) is 5.90. The van der Waals surface area contributed by atoms with Crippen molar-refractivity contribution in [3.8, 4) is 5.75 Å². The van der Waals surface area contributed by atoms with Gasteiger partial charge in [-0.25, -0.2) is 0 Å². The van der Waals surface area contributed by atoms with Gasteiger partial charge in [-0.15, -0.1) is 0 Å². The van der Waals surface area contributed by atoms with Crippen molar-refractivity contribution in [3.05, 3.63) is 29.8 Å². The van der Waals surface area contributed by atoms with Gasteiger partial charge in [-0.3, -0.25) is 0 Å². The molecule has 0 aliphatic heterocycles. The van der Waals surface area contributed by atoms with Gasteiger partial charge in [0, 0.05) is 13.2 Å². The van der Waals surface area contributed by atoms with Crippen LogP contribution in [0.5, 0.6) is 5.75 Å². The number of nitrogens with one attached hydrogen (secondary N) is 1. The first kappa shape index (κ1) is 13.0. The molecule has 0 heterocycles. The van der Waals surface area contributed by atoms with Crippen LogP contribution < -0.4 is 10.1 Å². The van der Waals surface area contributed by atoms with E-state index in [1.54, 1.807) is 0 Å². The minimum Gasteiger partial charge on any atom is -0.494 e. The number of benzene rings is 1. The highest BCUT2D eigenvalue weighted by Crippen LogP contribution is 2.12. The molecule has 0 radical (unpaired) electrons. The van der Waals surface area contributed by atoms with E-state index in [4.69, 9.17) is 9.84 Å². The summed E-state index contributed by atoms with van der Waals surface area (Å²) in [5.74, 6) is 0.901. The predicted molar refractivity (Wildman–Crippen MR) is 65.6 cm³/mol. The van der Waals surface area contributed by atoms with Gasteiger partial charge in [0.25, 0.3) is 0 Å². The smallest absolute Gasteiger partial charge is 0.119 e. The number of aliphatic hydroxyl groups excluding tert-OH is 1. The Morgan fingerprint density at radius 3 is 2.56 bits per heavy atom. The number of unbranched alkanes of at least 4 members (excludes halogenated alkanes) is 1. The fourth-order valence-electron chi connectivity index (χ4n) is 1.38. The third-order valence-electron chi connectivity index (χ3n) is 2.32. The SMILES string of the molecule is CCNCc1ccc(OCCCCO)cc1. The molecule has 2 N–H and O–H groups in total. The van der Waals surface area contributed by atoms with Crippen LogP contribution in [0.4, 0.5) is 0 Å². The second kappa shape index (κ2) is 8.13. The van der Waals surface area contributed by atoms with Gasteiger partial charge in [0.2, 0.25) is 0 Å². The summed E-state index contributed by atoms with van der Waals surface area (Å²) in [6.07, 6.45) is 1.70. The van der Waals surface area contributed by atoms with Crippen LogP contribution in [-0.2, 0) is 6.54 Å². The molecule has 0 amide bonds. The Bertz CT molecular complexity index is 272. The average Bonchev–Trinajstić information content (AvgIpc) is 2.33. The van der Waals surface area contributed by atoms with Crippen LogP contribution in [0.3, 0.4) is 0 Å². The number of aliphatic hydroxyl groups is 1. The first-order valence-electron chi connectivity index (χ1n) is 5.90. The van der Waals surface area contributed by atoms with E-state index in [2.05, 4.69) is 24.4 Å². The summed E-state index contributed by atoms with van der Waals surface area (Å²) in [4.78, 5) is 0. The van der Waals surface area contributed by atoms with Crippen LogP contribution in [0.1, 0.15) is 25.3 Å². The fourth-order valence-corrected chi connectivity index (χ4v) is 1.38. The van der Waals surface area contributed by atoms with E-state index in [0.29, 0.717) is 6.61 Å². The number of hydrogen-bond acceptors (Lipinski definition) is 3. The average molecular weight is 223 g/mol. The highest BCUT2D eigenvalue weighted by Gasteiger charge is 1.95. The quantitative estimate of drug-likeness (QED) is 0.662. The van der Waals surface area contributed by atoms with Crippen molar-refractivity contribution in [2.75, 3.05) is 19.8 Å². The highest BCUT2D eigenvalue weighted by molar-refractivity contribution is 5.27. The maximum Gasteiger partial charge on any atom is 0.119 e. The standard InChI is InChI=1S/C13H21NO2/c1-2-14-11-12-5-7-13(8-6-12)16-10-4-3-9-15/h5-8,14-15H,2-4,9-11H2,1H3. The van der Waals surface area contributed by atoms with Crippen LogP contribution in [-0.4, -0.2) is 24.9 Å². The zero-order valence-electron chi connectivity index (χ0n) is 9.91. The third kappa shape index (κ3) is 5.14. The minimum atomic E-state index is 0.241. The van der Waals surface area contributed by atoms with Crippen LogP contribution in [0.15, 0.2) is 24.3 Å². The lowest BCUT2D eigenvalue weighted by molar-refractivity contribution is 0.253. The minimum absolute atomic E-state index is 0.241. The second-order valence-electron chi connectivity index (χ2n) is 3.70. The fraction of sp³-hybridized carbons (Fsp3) is 0.538. The van der Waals surface area contributed by atoms with E-state index in [0.717, 1.165) is 31.7 Å². The first-order chi connectivity index (χ1) is 7.86. The van der Waals surface area contributed by atoms with Gasteiger partial charge in [0.1, 0.15) is 5.75 Å². The van der Waals surface area contributed by atoms with Crippen molar-refractivity contribution in [2.45, 2.75) is 26.3 Å².